The van der Waals surface area contributed by atoms with E-state index in [1.165, 1.54) is 12.1 Å². The van der Waals surface area contributed by atoms with Gasteiger partial charge in [0.25, 0.3) is 5.69 Å². The number of non-ortho nitro benzene ring substituents is 1. The van der Waals surface area contributed by atoms with Gasteiger partial charge >= 0.3 is 5.69 Å². The minimum absolute atomic E-state index is 0.271. The van der Waals surface area contributed by atoms with Crippen LogP contribution in [0, 0.1) is 20.2 Å². The molecule has 1 saturated heterocycles. The number of hydrogen-bond acceptors (Lipinski definition) is 8. The summed E-state index contributed by atoms with van der Waals surface area (Å²) in [6.45, 7) is 0. The molecular weight excluding hydrogens is 316 g/mol. The minimum Gasteiger partial charge on any atom is -0.311 e. The standard InChI is InChI=1S/C11H14N4O4S2/c16-14(17)9-2-3-10(11(6-9)15(18)19)12-13-7-20-4-1-5-21-8-13/h2-3,6,12H,1,4-5,7-8H2. The van der Waals surface area contributed by atoms with Crippen molar-refractivity contribution >= 4 is 40.6 Å². The van der Waals surface area contributed by atoms with Gasteiger partial charge in [-0.3, -0.25) is 20.2 Å². The van der Waals surface area contributed by atoms with Crippen LogP contribution in [0.4, 0.5) is 17.1 Å². The summed E-state index contributed by atoms with van der Waals surface area (Å²) in [5.41, 5.74) is 2.68. The maximum absolute atomic E-state index is 11.1. The van der Waals surface area contributed by atoms with Gasteiger partial charge in [0, 0.05) is 6.07 Å². The Morgan fingerprint density at radius 3 is 2.33 bits per heavy atom. The predicted octanol–water partition coefficient (Wildman–Crippen LogP) is 2.92. The summed E-state index contributed by atoms with van der Waals surface area (Å²) in [5.74, 6) is 3.52. The number of benzene rings is 1. The third-order valence-electron chi connectivity index (χ3n) is 2.74. The Kier molecular flexibility index (Phi) is 5.65. The van der Waals surface area contributed by atoms with Crippen molar-refractivity contribution in [1.82, 2.24) is 5.01 Å². The Bertz CT molecular complexity index is 535. The number of nitrogens with one attached hydrogen (secondary N) is 1. The van der Waals surface area contributed by atoms with Crippen LogP contribution in [0.15, 0.2) is 18.2 Å². The first kappa shape index (κ1) is 15.9. The third-order valence-corrected chi connectivity index (χ3v) is 4.88. The normalized spacial score (nSPS) is 16.8. The van der Waals surface area contributed by atoms with E-state index in [9.17, 15) is 20.2 Å². The first-order valence-corrected chi connectivity index (χ1v) is 8.49. The number of hydrazine groups is 1. The van der Waals surface area contributed by atoms with E-state index in [-0.39, 0.29) is 17.1 Å². The van der Waals surface area contributed by atoms with Crippen LogP contribution >= 0.6 is 23.5 Å². The van der Waals surface area contributed by atoms with Crippen molar-refractivity contribution in [2.24, 2.45) is 0 Å². The van der Waals surface area contributed by atoms with E-state index in [0.717, 1.165) is 24.0 Å². The summed E-state index contributed by atoms with van der Waals surface area (Å²) in [4.78, 5) is 20.5. The van der Waals surface area contributed by atoms with E-state index in [2.05, 4.69) is 5.43 Å². The minimum atomic E-state index is -0.640. The Hall–Kier alpha value is -1.52. The first-order valence-electron chi connectivity index (χ1n) is 6.18. The van der Waals surface area contributed by atoms with Crippen molar-refractivity contribution in [2.75, 3.05) is 28.7 Å². The van der Waals surface area contributed by atoms with E-state index >= 15 is 0 Å². The van der Waals surface area contributed by atoms with Gasteiger partial charge < -0.3 is 5.43 Å². The highest BCUT2D eigenvalue weighted by Crippen LogP contribution is 2.30. The van der Waals surface area contributed by atoms with Gasteiger partial charge in [-0.05, 0) is 24.0 Å². The lowest BCUT2D eigenvalue weighted by molar-refractivity contribution is -0.393. The van der Waals surface area contributed by atoms with E-state index in [1.54, 1.807) is 23.5 Å². The molecule has 8 nitrogen and oxygen atoms in total. The fraction of sp³-hybridized carbons (Fsp3) is 0.455. The topological polar surface area (TPSA) is 102 Å². The summed E-state index contributed by atoms with van der Waals surface area (Å²) in [5, 5.41) is 23.7. The Balaban J connectivity index is 2.17. The predicted molar refractivity (Wildman–Crippen MR) is 84.5 cm³/mol. The summed E-state index contributed by atoms with van der Waals surface area (Å²) in [7, 11) is 0. The van der Waals surface area contributed by atoms with E-state index in [4.69, 9.17) is 0 Å². The zero-order chi connectivity index (χ0) is 15.2. The molecule has 0 saturated carbocycles. The molecule has 0 aliphatic carbocycles. The van der Waals surface area contributed by atoms with Gasteiger partial charge in [0.05, 0.1) is 27.7 Å². The SMILES string of the molecule is O=[N+]([O-])c1ccc(NN2CSCCCSC2)c([N+](=O)[O-])c1. The molecular formula is C11H14N4O4S2. The molecule has 0 amide bonds. The van der Waals surface area contributed by atoms with Crippen molar-refractivity contribution in [1.29, 1.82) is 0 Å². The second kappa shape index (κ2) is 7.48. The maximum Gasteiger partial charge on any atom is 0.300 e. The van der Waals surface area contributed by atoms with Crippen LogP contribution in [-0.2, 0) is 0 Å². The molecule has 21 heavy (non-hydrogen) atoms. The lowest BCUT2D eigenvalue weighted by Gasteiger charge is -2.25. The molecule has 1 aromatic carbocycles. The lowest BCUT2D eigenvalue weighted by Crippen LogP contribution is -2.30. The van der Waals surface area contributed by atoms with Gasteiger partial charge in [-0.2, -0.15) is 0 Å². The van der Waals surface area contributed by atoms with Gasteiger partial charge in [-0.25, -0.2) is 5.01 Å². The summed E-state index contributed by atoms with van der Waals surface area (Å²) >= 11 is 3.50. The quantitative estimate of drug-likeness (QED) is 0.664. The highest BCUT2D eigenvalue weighted by atomic mass is 32.2. The van der Waals surface area contributed by atoms with Crippen LogP contribution < -0.4 is 5.43 Å². The molecule has 1 aliphatic rings. The van der Waals surface area contributed by atoms with Crippen LogP contribution in [-0.4, -0.2) is 38.1 Å². The van der Waals surface area contributed by atoms with Crippen LogP contribution in [0.25, 0.3) is 0 Å². The second-order valence-corrected chi connectivity index (χ2v) is 6.44. The Labute approximate surface area is 129 Å². The summed E-state index contributed by atoms with van der Waals surface area (Å²) in [6.07, 6.45) is 1.15. The molecule has 0 aromatic heterocycles. The zero-order valence-corrected chi connectivity index (χ0v) is 12.7. The molecule has 114 valence electrons. The molecule has 1 aliphatic heterocycles. The highest BCUT2D eigenvalue weighted by Gasteiger charge is 2.21. The fourth-order valence-corrected chi connectivity index (χ4v) is 3.77. The number of nitro benzene ring substituents is 2. The van der Waals surface area contributed by atoms with Crippen molar-refractivity contribution < 1.29 is 9.85 Å². The maximum atomic E-state index is 11.1. The van der Waals surface area contributed by atoms with Crippen molar-refractivity contribution in [3.63, 3.8) is 0 Å². The van der Waals surface area contributed by atoms with E-state index in [0.29, 0.717) is 11.8 Å². The molecule has 0 bridgehead atoms. The molecule has 0 spiro atoms. The molecule has 0 unspecified atom stereocenters. The number of hydrogen-bond donors (Lipinski definition) is 1. The van der Waals surface area contributed by atoms with E-state index in [1.807, 2.05) is 5.01 Å². The molecule has 1 N–H and O–H groups in total. The molecule has 1 heterocycles. The average molecular weight is 330 g/mol. The number of nitrogens with zero attached hydrogens (tertiary/aromatic N) is 3. The zero-order valence-electron chi connectivity index (χ0n) is 11.1. The molecule has 0 radical (unpaired) electrons. The van der Waals surface area contributed by atoms with Gasteiger partial charge in [-0.15, -0.1) is 23.5 Å². The van der Waals surface area contributed by atoms with Gasteiger partial charge in [0.15, 0.2) is 0 Å². The monoisotopic (exact) mass is 330 g/mol. The number of thioether (sulfide) groups is 2. The Morgan fingerprint density at radius 1 is 1.10 bits per heavy atom. The summed E-state index contributed by atoms with van der Waals surface area (Å²) in [6, 6.07) is 3.62. The smallest absolute Gasteiger partial charge is 0.300 e. The lowest BCUT2D eigenvalue weighted by atomic mass is 10.2. The third kappa shape index (κ3) is 4.48. The second-order valence-electron chi connectivity index (χ2n) is 4.30. The Morgan fingerprint density at radius 2 is 1.76 bits per heavy atom. The van der Waals surface area contributed by atoms with Crippen LogP contribution in [0.3, 0.4) is 0 Å². The van der Waals surface area contributed by atoms with Crippen molar-refractivity contribution in [3.05, 3.63) is 38.4 Å². The summed E-state index contributed by atoms with van der Waals surface area (Å²) < 4.78 is 0. The van der Waals surface area contributed by atoms with Crippen LogP contribution in [0.2, 0.25) is 0 Å². The molecule has 0 atom stereocenters. The number of anilines is 1. The molecule has 1 fully saturated rings. The van der Waals surface area contributed by atoms with Crippen LogP contribution in [0.5, 0.6) is 0 Å². The van der Waals surface area contributed by atoms with Crippen LogP contribution in [0.1, 0.15) is 6.42 Å². The van der Waals surface area contributed by atoms with Gasteiger partial charge in [0.2, 0.25) is 0 Å². The molecule has 2 rings (SSSR count). The number of rotatable bonds is 4. The average Bonchev–Trinajstić information content (AvgIpc) is 2.41. The molecule has 1 aromatic rings. The molecule has 10 heteroatoms. The first-order chi connectivity index (χ1) is 10.1. The van der Waals surface area contributed by atoms with Crippen molar-refractivity contribution in [3.8, 4) is 0 Å². The van der Waals surface area contributed by atoms with E-state index < -0.39 is 9.85 Å². The largest absolute Gasteiger partial charge is 0.311 e. The van der Waals surface area contributed by atoms with Gasteiger partial charge in [-0.1, -0.05) is 0 Å². The highest BCUT2D eigenvalue weighted by molar-refractivity contribution is 8.00. The van der Waals surface area contributed by atoms with Crippen molar-refractivity contribution in [2.45, 2.75) is 6.42 Å². The number of nitro groups is 2. The fourth-order valence-electron chi connectivity index (χ4n) is 1.76. The van der Waals surface area contributed by atoms with Gasteiger partial charge in [0.1, 0.15) is 5.69 Å².